The molecule has 3 N–H and O–H groups in total. The fourth-order valence-electron chi connectivity index (χ4n) is 3.37. The first-order valence-electron chi connectivity index (χ1n) is 10.7. The van der Waals surface area contributed by atoms with Crippen molar-refractivity contribution in [3.05, 3.63) is 28.7 Å². The minimum absolute atomic E-state index is 0.0679. The second kappa shape index (κ2) is 8.86. The van der Waals surface area contributed by atoms with Crippen molar-refractivity contribution in [2.24, 2.45) is 9.98 Å². The third-order valence-electron chi connectivity index (χ3n) is 4.99. The molecule has 1 aliphatic heterocycles. The number of sulfone groups is 1. The molecule has 2 aromatic rings. The summed E-state index contributed by atoms with van der Waals surface area (Å²) in [5.41, 5.74) is -1.10. The van der Waals surface area contributed by atoms with Crippen LogP contribution in [0.5, 0.6) is 0 Å². The molecule has 3 heterocycles. The predicted molar refractivity (Wildman–Crippen MR) is 133 cm³/mol. The number of pyridine rings is 2. The van der Waals surface area contributed by atoms with Crippen molar-refractivity contribution >= 4 is 43.8 Å². The Morgan fingerprint density at radius 2 is 1.88 bits per heavy atom. The van der Waals surface area contributed by atoms with Gasteiger partial charge in [-0.3, -0.25) is 9.79 Å². The van der Waals surface area contributed by atoms with Crippen LogP contribution in [0, 0.1) is 0 Å². The van der Waals surface area contributed by atoms with Crippen LogP contribution in [-0.4, -0.2) is 64.4 Å². The van der Waals surface area contributed by atoms with Gasteiger partial charge in [0, 0.05) is 31.0 Å². The normalized spacial score (nSPS) is 15.2. The number of fused-ring (bicyclic) bond motifs is 1. The number of anilines is 2. The van der Waals surface area contributed by atoms with Gasteiger partial charge in [0.05, 0.1) is 22.5 Å². The second-order valence-corrected chi connectivity index (χ2v) is 12.1. The number of nitrogens with one attached hydrogen (secondary N) is 2. The zero-order valence-electron chi connectivity index (χ0n) is 19.9. The number of nitrogens with zero attached hydrogens (tertiary/aromatic N) is 4. The Balaban J connectivity index is 2.01. The fourth-order valence-corrected chi connectivity index (χ4v) is 3.90. The van der Waals surface area contributed by atoms with Crippen LogP contribution in [0.1, 0.15) is 41.0 Å². The van der Waals surface area contributed by atoms with Crippen molar-refractivity contribution in [2.75, 3.05) is 29.3 Å². The third-order valence-corrected chi connectivity index (χ3v) is 5.92. The zero-order chi connectivity index (χ0) is 24.6. The standard InChI is InChI=1S/C22H32N6O4S/c1-21(2,3)27-19-18-14(7-8-28(20(18)29)9-10-33(6,31)32)11-17(26-19)25-16-12-15(22(4,5)30)23-13-24-16/h7-8,11,30H,9-10,12-13H2,1-6H3,(H2,24,25,26,27). The molecule has 180 valence electrons. The average molecular weight is 477 g/mol. The van der Waals surface area contributed by atoms with Gasteiger partial charge in [-0.2, -0.15) is 0 Å². The maximum absolute atomic E-state index is 13.2. The highest BCUT2D eigenvalue weighted by atomic mass is 32.2. The Kier molecular flexibility index (Phi) is 6.67. The molecule has 10 nitrogen and oxygen atoms in total. The minimum Gasteiger partial charge on any atom is -0.384 e. The van der Waals surface area contributed by atoms with Gasteiger partial charge in [-0.25, -0.2) is 18.4 Å². The lowest BCUT2D eigenvalue weighted by atomic mass is 9.99. The molecule has 11 heteroatoms. The molecular formula is C22H32N6O4S. The van der Waals surface area contributed by atoms with Crippen LogP contribution < -0.4 is 16.2 Å². The van der Waals surface area contributed by atoms with Crippen molar-refractivity contribution in [1.82, 2.24) is 9.55 Å². The molecule has 0 amide bonds. The van der Waals surface area contributed by atoms with E-state index in [0.29, 0.717) is 40.4 Å². The summed E-state index contributed by atoms with van der Waals surface area (Å²) < 4.78 is 24.5. The largest absolute Gasteiger partial charge is 0.384 e. The van der Waals surface area contributed by atoms with Gasteiger partial charge in [-0.15, -0.1) is 0 Å². The molecule has 1 aliphatic rings. The topological polar surface area (TPSA) is 138 Å². The van der Waals surface area contributed by atoms with Crippen LogP contribution >= 0.6 is 0 Å². The van der Waals surface area contributed by atoms with E-state index in [4.69, 9.17) is 0 Å². The summed E-state index contributed by atoms with van der Waals surface area (Å²) in [6, 6.07) is 3.52. The summed E-state index contributed by atoms with van der Waals surface area (Å²) in [7, 11) is -3.21. The molecule has 2 aromatic heterocycles. The molecule has 0 saturated heterocycles. The summed E-state index contributed by atoms with van der Waals surface area (Å²) in [5.74, 6) is 1.39. The number of rotatable bonds is 6. The molecule has 3 rings (SSSR count). The Bertz CT molecular complexity index is 1280. The summed E-state index contributed by atoms with van der Waals surface area (Å²) in [6.45, 7) is 9.54. The Labute approximate surface area is 193 Å². The van der Waals surface area contributed by atoms with Crippen molar-refractivity contribution in [3.63, 3.8) is 0 Å². The highest BCUT2D eigenvalue weighted by Crippen LogP contribution is 2.25. The molecular weight excluding hydrogens is 444 g/mol. The van der Waals surface area contributed by atoms with E-state index in [-0.39, 0.29) is 30.1 Å². The van der Waals surface area contributed by atoms with E-state index < -0.39 is 15.4 Å². The van der Waals surface area contributed by atoms with E-state index in [9.17, 15) is 18.3 Å². The van der Waals surface area contributed by atoms with Crippen LogP contribution in [-0.2, 0) is 16.4 Å². The van der Waals surface area contributed by atoms with Gasteiger partial charge in [0.15, 0.2) is 0 Å². The first kappa shape index (κ1) is 24.8. The summed E-state index contributed by atoms with van der Waals surface area (Å²) in [4.78, 5) is 26.5. The first-order chi connectivity index (χ1) is 15.1. The van der Waals surface area contributed by atoms with E-state index in [1.807, 2.05) is 20.8 Å². The molecule has 0 spiro atoms. The molecule has 0 unspecified atom stereocenters. The van der Waals surface area contributed by atoms with Crippen LogP contribution in [0.15, 0.2) is 33.1 Å². The van der Waals surface area contributed by atoms with Gasteiger partial charge in [-0.1, -0.05) is 0 Å². The predicted octanol–water partition coefficient (Wildman–Crippen LogP) is 2.03. The minimum atomic E-state index is -3.21. The van der Waals surface area contributed by atoms with Crippen molar-refractivity contribution in [2.45, 2.75) is 58.7 Å². The fraction of sp³-hybridized carbons (Fsp3) is 0.545. The number of aryl methyl sites for hydroxylation is 1. The maximum atomic E-state index is 13.2. The number of amidine groups is 1. The number of aliphatic hydroxyl groups is 1. The highest BCUT2D eigenvalue weighted by Gasteiger charge is 2.25. The SMILES string of the molecule is CC(C)(C)Nc1nc(NC2=NCN=C(C(C)(C)O)C2)cc2ccn(CCS(C)(=O)=O)c(=O)c12. The lowest BCUT2D eigenvalue weighted by molar-refractivity contribution is 0.152. The zero-order valence-corrected chi connectivity index (χ0v) is 20.7. The van der Waals surface area contributed by atoms with Crippen LogP contribution in [0.2, 0.25) is 0 Å². The van der Waals surface area contributed by atoms with Gasteiger partial charge in [-0.05, 0) is 52.1 Å². The lowest BCUT2D eigenvalue weighted by Crippen LogP contribution is -2.36. The van der Waals surface area contributed by atoms with Gasteiger partial charge in [0.25, 0.3) is 5.56 Å². The smallest absolute Gasteiger partial charge is 0.262 e. The number of aromatic nitrogens is 2. The van der Waals surface area contributed by atoms with E-state index in [2.05, 4.69) is 25.6 Å². The molecule has 0 aromatic carbocycles. The molecule has 33 heavy (non-hydrogen) atoms. The van der Waals surface area contributed by atoms with E-state index in [0.717, 1.165) is 6.26 Å². The van der Waals surface area contributed by atoms with Crippen LogP contribution in [0.25, 0.3) is 10.8 Å². The summed E-state index contributed by atoms with van der Waals surface area (Å²) >= 11 is 0. The quantitative estimate of drug-likeness (QED) is 0.580. The molecule has 0 bridgehead atoms. The van der Waals surface area contributed by atoms with E-state index in [1.54, 1.807) is 32.2 Å². The number of hydrogen-bond donors (Lipinski definition) is 3. The Hall–Kier alpha value is -2.79. The van der Waals surface area contributed by atoms with Gasteiger partial charge in [0.1, 0.15) is 34.0 Å². The van der Waals surface area contributed by atoms with Crippen LogP contribution in [0.3, 0.4) is 0 Å². The second-order valence-electron chi connectivity index (χ2n) is 9.85. The maximum Gasteiger partial charge on any atom is 0.262 e. The molecule has 0 atom stereocenters. The third kappa shape index (κ3) is 6.61. The summed E-state index contributed by atoms with van der Waals surface area (Å²) in [5, 5.41) is 17.8. The highest BCUT2D eigenvalue weighted by molar-refractivity contribution is 7.90. The van der Waals surface area contributed by atoms with Crippen molar-refractivity contribution in [3.8, 4) is 0 Å². The van der Waals surface area contributed by atoms with E-state index in [1.165, 1.54) is 4.57 Å². The lowest BCUT2D eigenvalue weighted by Gasteiger charge is -2.25. The summed E-state index contributed by atoms with van der Waals surface area (Å²) in [6.07, 6.45) is 3.10. The number of hydrogen-bond acceptors (Lipinski definition) is 9. The first-order valence-corrected chi connectivity index (χ1v) is 12.7. The Morgan fingerprint density at radius 3 is 2.48 bits per heavy atom. The molecule has 0 radical (unpaired) electrons. The number of aliphatic imine (C=N–C) groups is 2. The van der Waals surface area contributed by atoms with Crippen molar-refractivity contribution < 1.29 is 13.5 Å². The van der Waals surface area contributed by atoms with Gasteiger partial charge < -0.3 is 20.3 Å². The van der Waals surface area contributed by atoms with E-state index >= 15 is 0 Å². The van der Waals surface area contributed by atoms with Gasteiger partial charge in [0.2, 0.25) is 0 Å². The van der Waals surface area contributed by atoms with Crippen molar-refractivity contribution in [1.29, 1.82) is 0 Å². The van der Waals surface area contributed by atoms with Crippen LogP contribution in [0.4, 0.5) is 11.6 Å². The monoisotopic (exact) mass is 476 g/mol. The molecule has 0 aliphatic carbocycles. The molecule has 0 saturated carbocycles. The molecule has 0 fully saturated rings. The van der Waals surface area contributed by atoms with Gasteiger partial charge >= 0.3 is 0 Å². The Morgan fingerprint density at radius 1 is 1.18 bits per heavy atom. The average Bonchev–Trinajstić information content (AvgIpc) is 2.65.